The van der Waals surface area contributed by atoms with Crippen molar-refractivity contribution in [1.29, 1.82) is 0 Å². The number of terminal acetylenes is 1. The molecule has 22 N–H and O–H groups in total. The topological polar surface area (TPSA) is 632 Å². The Morgan fingerprint density at radius 1 is 0.587 bits per heavy atom. The summed E-state index contributed by atoms with van der Waals surface area (Å²) in [6.07, 6.45) is 4.93. The second-order valence-electron chi connectivity index (χ2n) is 27.1. The number of hydrogen-bond acceptors (Lipinski definition) is 21. The third-order valence-corrected chi connectivity index (χ3v) is 19.1. The molecule has 0 spiro atoms. The van der Waals surface area contributed by atoms with Gasteiger partial charge >= 0.3 is 11.9 Å². The molecule has 16 atom stereocenters. The Bertz CT molecular complexity index is 3480. The molecule has 1 aromatic carbocycles. The Morgan fingerprint density at radius 2 is 1.08 bits per heavy atom. The molecule has 0 radical (unpaired) electrons. The van der Waals surface area contributed by atoms with Crippen LogP contribution in [0.5, 0.6) is 0 Å². The number of carbonyl (C=O) groups is 15. The van der Waals surface area contributed by atoms with Gasteiger partial charge in [-0.3, -0.25) is 72.1 Å². The van der Waals surface area contributed by atoms with Crippen molar-refractivity contribution in [3.63, 3.8) is 0 Å². The summed E-state index contributed by atoms with van der Waals surface area (Å²) in [5.41, 5.74) is 31.7. The minimum atomic E-state index is -1.87. The van der Waals surface area contributed by atoms with E-state index in [-0.39, 0.29) is 96.5 Å². The van der Waals surface area contributed by atoms with E-state index in [1.807, 2.05) is 0 Å². The molecular formula is C69H107N21O19. The Kier molecular flexibility index (Phi) is 38.1. The maximum absolute atomic E-state index is 14.9. The first-order valence-electron chi connectivity index (χ1n) is 36.4. The van der Waals surface area contributed by atoms with Crippen LogP contribution in [0.15, 0.2) is 40.4 Å². The third-order valence-electron chi connectivity index (χ3n) is 19.1. The number of hydrogen-bond donors (Lipinski definition) is 18. The Labute approximate surface area is 630 Å². The zero-order valence-electron chi connectivity index (χ0n) is 62.0. The van der Waals surface area contributed by atoms with Crippen LogP contribution >= 0.6 is 0 Å². The Hall–Kier alpha value is -10.8. The maximum atomic E-state index is 14.9. The number of amides is 13. The number of aliphatic hydroxyl groups is 2. The molecule has 13 amide bonds. The SMILES string of the molecule is C#CC[C@H](NC(=O)[C@@H](NC(=O)[C@@H]1CCCN1C(=O)[C@@H]1CCCN1C(=O)[C@@H](NC(=O)[C@H](CO)NC(=O)[C@H](CCCCN)NC(=O)[C@@H](NC(=O)[C@H](CN=[N+]=[N-])NC(=O)[C@H](CCCN=C(N)N)NC(=O)CN)[C@@H](C)O)[C@@H](C)CC)[C@@H](C)CC)C(=O)N[C@@H](Cc1ccccc1)C(=O)N1CCC[C@H]1C(=O)N[C@@H](CC(=O)O)C(=O)O. The van der Waals surface area contributed by atoms with Crippen LogP contribution in [0.25, 0.3) is 10.4 Å². The molecule has 40 nitrogen and oxygen atoms in total. The van der Waals surface area contributed by atoms with Crippen molar-refractivity contribution in [2.24, 2.45) is 44.9 Å². The van der Waals surface area contributed by atoms with Crippen LogP contribution in [0.2, 0.25) is 0 Å². The number of nitrogens with zero attached hydrogens (tertiary/aromatic N) is 7. The van der Waals surface area contributed by atoms with Crippen LogP contribution in [0.3, 0.4) is 0 Å². The van der Waals surface area contributed by atoms with E-state index in [9.17, 15) is 92.3 Å². The summed E-state index contributed by atoms with van der Waals surface area (Å²) in [7, 11) is 0. The number of likely N-dealkylation sites (tertiary alicyclic amines) is 3. The molecule has 40 heteroatoms. The summed E-state index contributed by atoms with van der Waals surface area (Å²) in [5.74, 6) is -13.8. The average molecular weight is 1530 g/mol. The Balaban J connectivity index is 1.50. The quantitative estimate of drug-likeness (QED) is 0.00551. The smallest absolute Gasteiger partial charge is 0.326 e. The van der Waals surface area contributed by atoms with Gasteiger partial charge in [0.1, 0.15) is 78.5 Å². The zero-order valence-corrected chi connectivity index (χ0v) is 62.0. The summed E-state index contributed by atoms with van der Waals surface area (Å²) in [5, 5.41) is 68.5. The van der Waals surface area contributed by atoms with Crippen molar-refractivity contribution < 1.29 is 92.3 Å². The molecule has 0 aliphatic carbocycles. The van der Waals surface area contributed by atoms with Gasteiger partial charge in [-0.1, -0.05) is 76.0 Å². The first kappa shape index (κ1) is 90.6. The standard InChI is InChI=1S/C69H107N21O19/c1-7-19-41(56(96)80-44(32-40-20-11-10-12-21-40)65(105)88-29-16-24-48(88)61(101)81-45(68(108)109)33-52(94)95)78-63(103)53(37(4)8-2)84-62(102)49-25-17-30-89(49)66(106)50-26-18-31-90(50)67(107)54(38(5)9-3)85-60(100)47(36-91)83-58(98)43(22-13-14-27-70)79-64(104)55(39(6)92)86-59(99)46(35-76-87-74)82-57(97)42(77-51(93)34-71)23-15-28-75-69(72)73/h1,10-12,20-21,37-39,41-50,53-55,91-92H,8-9,13-19,22-36,70-71H2,2-6H3,(H,77,93)(H,78,103)(H,79,104)(H,80,96)(H,81,101)(H,82,97)(H,83,98)(H,84,102)(H,85,100)(H,86,99)(H,94,95)(H,108,109)(H4,72,73,75)/t37-,38-,39+,41-,42-,43-,44-,45-,46-,47-,48-,49-,50-,53-,54-,55-/m0/s1. The van der Waals surface area contributed by atoms with Gasteiger partial charge < -0.3 is 111 Å². The summed E-state index contributed by atoms with van der Waals surface area (Å²) in [6, 6.07) is -10.7. The highest BCUT2D eigenvalue weighted by molar-refractivity contribution is 6.01. The number of aliphatic imine (C=N–C) groups is 1. The number of carbonyl (C=O) groups excluding carboxylic acids is 13. The maximum Gasteiger partial charge on any atom is 0.326 e. The Morgan fingerprint density at radius 3 is 1.64 bits per heavy atom. The lowest BCUT2D eigenvalue weighted by Crippen LogP contribution is -2.62. The number of unbranched alkanes of at least 4 members (excludes halogenated alkanes) is 1. The van der Waals surface area contributed by atoms with Crippen molar-refractivity contribution in [2.45, 2.75) is 222 Å². The summed E-state index contributed by atoms with van der Waals surface area (Å²) >= 11 is 0. The molecular weight excluding hydrogens is 1430 g/mol. The van der Waals surface area contributed by atoms with E-state index in [1.54, 1.807) is 58.0 Å². The van der Waals surface area contributed by atoms with E-state index in [2.05, 4.69) is 74.1 Å². The molecule has 0 saturated carbocycles. The number of aliphatic hydroxyl groups excluding tert-OH is 2. The van der Waals surface area contributed by atoms with Gasteiger partial charge in [-0.15, -0.1) is 12.3 Å². The summed E-state index contributed by atoms with van der Waals surface area (Å²) in [6.45, 7) is 5.93. The predicted molar refractivity (Wildman–Crippen MR) is 391 cm³/mol. The van der Waals surface area contributed by atoms with Crippen LogP contribution in [-0.4, -0.2) is 267 Å². The van der Waals surface area contributed by atoms with Crippen molar-refractivity contribution in [3.05, 3.63) is 46.3 Å². The summed E-state index contributed by atoms with van der Waals surface area (Å²) < 4.78 is 0. The van der Waals surface area contributed by atoms with Crippen LogP contribution in [-0.2, 0) is 78.3 Å². The monoisotopic (exact) mass is 1530 g/mol. The number of nitrogens with one attached hydrogen (secondary N) is 10. The van der Waals surface area contributed by atoms with Gasteiger partial charge in [0.25, 0.3) is 0 Å². The number of benzene rings is 1. The van der Waals surface area contributed by atoms with Gasteiger partial charge in [0.2, 0.25) is 76.8 Å². The molecule has 3 heterocycles. The average Bonchev–Trinajstić information content (AvgIpc) is 1.69. The van der Waals surface area contributed by atoms with Gasteiger partial charge in [-0.05, 0) is 107 Å². The first-order valence-corrected chi connectivity index (χ1v) is 36.4. The number of rotatable bonds is 45. The zero-order chi connectivity index (χ0) is 81.2. The molecule has 602 valence electrons. The van der Waals surface area contributed by atoms with Crippen molar-refractivity contribution >= 4 is 94.7 Å². The molecule has 3 aliphatic heterocycles. The number of aliphatic carboxylic acids is 2. The van der Waals surface area contributed by atoms with Crippen LogP contribution in [0.1, 0.15) is 136 Å². The van der Waals surface area contributed by atoms with E-state index in [0.29, 0.717) is 37.7 Å². The molecule has 3 aliphatic rings. The van der Waals surface area contributed by atoms with E-state index in [0.717, 1.165) is 6.92 Å². The number of nitrogens with two attached hydrogens (primary N) is 4. The largest absolute Gasteiger partial charge is 0.481 e. The highest BCUT2D eigenvalue weighted by Crippen LogP contribution is 2.28. The van der Waals surface area contributed by atoms with Gasteiger partial charge in [0.05, 0.1) is 32.2 Å². The number of azide groups is 1. The van der Waals surface area contributed by atoms with Crippen molar-refractivity contribution in [2.75, 3.05) is 52.4 Å². The van der Waals surface area contributed by atoms with Crippen LogP contribution in [0, 0.1) is 24.2 Å². The number of carboxylic acids is 2. The van der Waals surface area contributed by atoms with Gasteiger partial charge in [-0.2, -0.15) is 0 Å². The fourth-order valence-corrected chi connectivity index (χ4v) is 12.7. The van der Waals surface area contributed by atoms with Crippen LogP contribution < -0.4 is 76.1 Å². The summed E-state index contributed by atoms with van der Waals surface area (Å²) in [4.78, 5) is 217. The van der Waals surface area contributed by atoms with Crippen LogP contribution in [0.4, 0.5) is 0 Å². The molecule has 0 unspecified atom stereocenters. The van der Waals surface area contributed by atoms with Gasteiger partial charge in [0.15, 0.2) is 5.96 Å². The third kappa shape index (κ3) is 27.8. The normalized spacial score (nSPS) is 18.8. The lowest BCUT2D eigenvalue weighted by molar-refractivity contribution is -0.149. The minimum absolute atomic E-state index is 0.0135. The minimum Gasteiger partial charge on any atom is -0.481 e. The molecule has 0 aromatic heterocycles. The number of carboxylic acid groups (broad SMARTS) is 2. The van der Waals surface area contributed by atoms with Crippen molar-refractivity contribution in [3.8, 4) is 12.3 Å². The van der Waals surface area contributed by atoms with E-state index in [4.69, 9.17) is 34.9 Å². The predicted octanol–water partition coefficient (Wildman–Crippen LogP) is -5.45. The fraction of sp³-hybridized carbons (Fsp3) is 0.652. The second kappa shape index (κ2) is 45.8. The molecule has 1 aromatic rings. The van der Waals surface area contributed by atoms with Gasteiger partial charge in [0, 0.05) is 43.9 Å². The molecule has 3 saturated heterocycles. The highest BCUT2D eigenvalue weighted by atomic mass is 16.4. The molecule has 4 rings (SSSR count). The van der Waals surface area contributed by atoms with E-state index < -0.39 is 218 Å². The molecule has 0 bridgehead atoms. The second-order valence-corrected chi connectivity index (χ2v) is 27.1. The molecule has 109 heavy (non-hydrogen) atoms. The molecule has 3 fully saturated rings. The first-order chi connectivity index (χ1) is 51.8. The lowest BCUT2D eigenvalue weighted by atomic mass is 9.96. The van der Waals surface area contributed by atoms with Gasteiger partial charge in [-0.25, -0.2) is 4.79 Å². The highest BCUT2D eigenvalue weighted by Gasteiger charge is 2.47. The number of guanidine groups is 1. The van der Waals surface area contributed by atoms with E-state index >= 15 is 0 Å². The van der Waals surface area contributed by atoms with Crippen molar-refractivity contribution in [1.82, 2.24) is 67.9 Å². The van der Waals surface area contributed by atoms with E-state index in [1.165, 1.54) is 14.7 Å². The lowest BCUT2D eigenvalue weighted by Gasteiger charge is -2.35. The fourth-order valence-electron chi connectivity index (χ4n) is 12.7.